The number of thiol groups is 1. The van der Waals surface area contributed by atoms with Crippen molar-refractivity contribution in [2.75, 3.05) is 0 Å². The van der Waals surface area contributed by atoms with E-state index in [0.717, 1.165) is 40.6 Å². The van der Waals surface area contributed by atoms with E-state index < -0.39 is 0 Å². The van der Waals surface area contributed by atoms with Crippen molar-refractivity contribution in [3.63, 3.8) is 0 Å². The Hall–Kier alpha value is -2.88. The third kappa shape index (κ3) is 5.48. The lowest BCUT2D eigenvalue weighted by molar-refractivity contribution is 0.109. The Morgan fingerprint density at radius 1 is 1.00 bits per heavy atom. The van der Waals surface area contributed by atoms with Gasteiger partial charge in [0.15, 0.2) is 0 Å². The van der Waals surface area contributed by atoms with E-state index in [-0.39, 0.29) is 5.12 Å². The molecule has 0 aliphatic carbocycles. The normalized spacial score (nSPS) is 12.3. The molecule has 0 aliphatic rings. The van der Waals surface area contributed by atoms with Crippen LogP contribution < -0.4 is 0 Å². The van der Waals surface area contributed by atoms with Crippen LogP contribution in [0.5, 0.6) is 0 Å². The number of fused-ring (bicyclic) bond motifs is 1. The Morgan fingerprint density at radius 3 is 2.66 bits per heavy atom. The highest BCUT2D eigenvalue weighted by Crippen LogP contribution is 2.25. The van der Waals surface area contributed by atoms with E-state index in [1.807, 2.05) is 54.6 Å². The zero-order valence-corrected chi connectivity index (χ0v) is 19.5. The molecule has 2 nitrogen and oxygen atoms in total. The number of pyridine rings is 1. The van der Waals surface area contributed by atoms with Gasteiger partial charge >= 0.3 is 0 Å². The molecular weight excluding hydrogens is 434 g/mol. The van der Waals surface area contributed by atoms with Crippen molar-refractivity contribution < 1.29 is 4.79 Å². The molecule has 4 heteroatoms. The number of aryl methyl sites for hydroxylation is 1. The van der Waals surface area contributed by atoms with E-state index in [1.165, 1.54) is 5.56 Å². The fourth-order valence-electron chi connectivity index (χ4n) is 3.84. The molecular formula is C28H24ClNOS. The zero-order chi connectivity index (χ0) is 22.5. The molecule has 1 heterocycles. The first kappa shape index (κ1) is 22.3. The van der Waals surface area contributed by atoms with Crippen LogP contribution in [0.15, 0.2) is 78.9 Å². The lowest BCUT2D eigenvalue weighted by Gasteiger charge is -2.14. The van der Waals surface area contributed by atoms with Crippen LogP contribution in [0.2, 0.25) is 5.02 Å². The van der Waals surface area contributed by atoms with Gasteiger partial charge in [-0.25, -0.2) is 4.98 Å². The van der Waals surface area contributed by atoms with Crippen LogP contribution in [-0.4, -0.2) is 10.1 Å². The minimum atomic E-state index is -0.176. The summed E-state index contributed by atoms with van der Waals surface area (Å²) in [7, 11) is 0. The van der Waals surface area contributed by atoms with Gasteiger partial charge < -0.3 is 0 Å². The standard InChI is InChI=1S/C28H24ClNOS/c1-19(9-11-21-6-2-3-8-26(21)28(31)32)23-7-4-5-20(17-23)10-15-25-16-13-22-12-14-24(29)18-27(22)30-25/h2-8,10,12-19H,9,11H2,1H3,(H,31,32)/b15-10+/t19-/m1/s1. The minimum Gasteiger partial charge on any atom is -0.282 e. The van der Waals surface area contributed by atoms with Crippen LogP contribution in [0.25, 0.3) is 23.1 Å². The monoisotopic (exact) mass is 457 g/mol. The highest BCUT2D eigenvalue weighted by molar-refractivity contribution is 7.97. The topological polar surface area (TPSA) is 30.0 Å². The van der Waals surface area contributed by atoms with E-state index in [4.69, 9.17) is 11.6 Å². The van der Waals surface area contributed by atoms with Gasteiger partial charge in [0.2, 0.25) is 5.12 Å². The minimum absolute atomic E-state index is 0.176. The average molecular weight is 458 g/mol. The van der Waals surface area contributed by atoms with Crippen LogP contribution >= 0.6 is 24.2 Å². The van der Waals surface area contributed by atoms with Gasteiger partial charge in [0, 0.05) is 16.0 Å². The van der Waals surface area contributed by atoms with Crippen LogP contribution in [0.4, 0.5) is 0 Å². The fraction of sp³-hybridized carbons (Fsp3) is 0.143. The molecule has 0 bridgehead atoms. The first-order valence-corrected chi connectivity index (χ1v) is 11.5. The van der Waals surface area contributed by atoms with Gasteiger partial charge in [-0.1, -0.05) is 85.3 Å². The molecule has 0 amide bonds. The summed E-state index contributed by atoms with van der Waals surface area (Å²) in [6, 6.07) is 26.1. The van der Waals surface area contributed by atoms with E-state index in [9.17, 15) is 4.79 Å². The summed E-state index contributed by atoms with van der Waals surface area (Å²) >= 11 is 10.1. The average Bonchev–Trinajstić information content (AvgIpc) is 2.81. The van der Waals surface area contributed by atoms with Crippen LogP contribution in [0.1, 0.15) is 52.0 Å². The van der Waals surface area contributed by atoms with E-state index in [0.29, 0.717) is 16.5 Å². The predicted octanol–water partition coefficient (Wildman–Crippen LogP) is 7.86. The van der Waals surface area contributed by atoms with E-state index in [1.54, 1.807) is 0 Å². The Labute approximate surface area is 199 Å². The van der Waals surface area contributed by atoms with Gasteiger partial charge in [-0.05, 0) is 59.7 Å². The lowest BCUT2D eigenvalue weighted by atomic mass is 9.91. The Kier molecular flexibility index (Phi) is 7.09. The summed E-state index contributed by atoms with van der Waals surface area (Å²) in [5, 5.41) is 1.59. The molecule has 4 rings (SSSR count). The Bertz CT molecular complexity index is 1300. The molecule has 3 aromatic carbocycles. The predicted molar refractivity (Wildman–Crippen MR) is 139 cm³/mol. The van der Waals surface area contributed by atoms with Gasteiger partial charge in [0.25, 0.3) is 0 Å². The smallest absolute Gasteiger partial charge is 0.216 e. The molecule has 1 aromatic heterocycles. The summed E-state index contributed by atoms with van der Waals surface area (Å²) in [6.07, 6.45) is 5.91. The van der Waals surface area contributed by atoms with Crippen LogP contribution in [0, 0.1) is 0 Å². The second-order valence-corrected chi connectivity index (χ2v) is 8.82. The third-order valence-electron chi connectivity index (χ3n) is 5.70. The quantitative estimate of drug-likeness (QED) is 0.286. The summed E-state index contributed by atoms with van der Waals surface area (Å²) in [5.41, 5.74) is 5.95. The number of carbonyl (C=O) groups excluding carboxylic acids is 1. The summed E-state index contributed by atoms with van der Waals surface area (Å²) in [4.78, 5) is 16.4. The second kappa shape index (κ2) is 10.2. The highest BCUT2D eigenvalue weighted by atomic mass is 35.5. The number of carbonyl (C=O) groups is 1. The molecule has 1 atom stereocenters. The lowest BCUT2D eigenvalue weighted by Crippen LogP contribution is -2.01. The largest absolute Gasteiger partial charge is 0.282 e. The maximum absolute atomic E-state index is 11.7. The molecule has 4 aromatic rings. The van der Waals surface area contributed by atoms with Crippen LogP contribution in [0.3, 0.4) is 0 Å². The molecule has 0 spiro atoms. The first-order chi connectivity index (χ1) is 15.5. The van der Waals surface area contributed by atoms with Gasteiger partial charge in [-0.2, -0.15) is 0 Å². The summed E-state index contributed by atoms with van der Waals surface area (Å²) in [5.74, 6) is 0.368. The molecule has 32 heavy (non-hydrogen) atoms. The highest BCUT2D eigenvalue weighted by Gasteiger charge is 2.11. The van der Waals surface area contributed by atoms with Crippen LogP contribution in [-0.2, 0) is 6.42 Å². The van der Waals surface area contributed by atoms with E-state index in [2.05, 4.69) is 60.9 Å². The molecule has 0 N–H and O–H groups in total. The molecule has 0 radical (unpaired) electrons. The zero-order valence-electron chi connectivity index (χ0n) is 17.8. The Balaban J connectivity index is 1.47. The number of hydrogen-bond donors (Lipinski definition) is 1. The number of benzene rings is 3. The van der Waals surface area contributed by atoms with Gasteiger partial charge in [-0.3, -0.25) is 4.79 Å². The molecule has 0 unspecified atom stereocenters. The molecule has 0 saturated heterocycles. The van der Waals surface area contributed by atoms with Crippen molar-refractivity contribution in [1.29, 1.82) is 0 Å². The fourth-order valence-corrected chi connectivity index (χ4v) is 4.22. The van der Waals surface area contributed by atoms with Crippen molar-refractivity contribution in [3.8, 4) is 0 Å². The molecule has 0 aliphatic heterocycles. The maximum atomic E-state index is 11.7. The molecule has 160 valence electrons. The number of halogens is 1. The Morgan fingerprint density at radius 2 is 1.81 bits per heavy atom. The summed E-state index contributed by atoms with van der Waals surface area (Å²) in [6.45, 7) is 2.22. The van der Waals surface area contributed by atoms with E-state index >= 15 is 0 Å². The van der Waals surface area contributed by atoms with Crippen molar-refractivity contribution in [3.05, 3.63) is 112 Å². The molecule has 0 fully saturated rings. The van der Waals surface area contributed by atoms with Gasteiger partial charge in [-0.15, -0.1) is 12.6 Å². The second-order valence-electron chi connectivity index (χ2n) is 7.98. The first-order valence-electron chi connectivity index (χ1n) is 10.6. The van der Waals surface area contributed by atoms with Crippen molar-refractivity contribution in [2.24, 2.45) is 0 Å². The number of nitrogens with zero attached hydrogens (tertiary/aromatic N) is 1. The van der Waals surface area contributed by atoms with Crippen molar-refractivity contribution in [1.82, 2.24) is 4.98 Å². The van der Waals surface area contributed by atoms with Crippen molar-refractivity contribution >= 4 is 52.4 Å². The maximum Gasteiger partial charge on any atom is 0.216 e. The summed E-state index contributed by atoms with van der Waals surface area (Å²) < 4.78 is 0. The number of rotatable bonds is 7. The number of hydrogen-bond acceptors (Lipinski definition) is 2. The third-order valence-corrected chi connectivity index (χ3v) is 6.17. The molecule has 0 saturated carbocycles. The SMILES string of the molecule is C[C@H](CCc1ccccc1C(=O)S)c1cccc(/C=C/c2ccc3ccc(Cl)cc3n2)c1. The number of aromatic nitrogens is 1. The van der Waals surface area contributed by atoms with Gasteiger partial charge in [0.1, 0.15) is 0 Å². The van der Waals surface area contributed by atoms with Crippen molar-refractivity contribution in [2.45, 2.75) is 25.7 Å². The van der Waals surface area contributed by atoms with Gasteiger partial charge in [0.05, 0.1) is 11.2 Å².